The Bertz CT molecular complexity index is 1150. The number of rotatable bonds is 4. The van der Waals surface area contributed by atoms with Gasteiger partial charge in [0.2, 0.25) is 5.89 Å². The Morgan fingerprint density at radius 1 is 1.04 bits per heavy atom. The van der Waals surface area contributed by atoms with Crippen LogP contribution < -0.4 is 5.56 Å². The fourth-order valence-corrected chi connectivity index (χ4v) is 2.81. The Kier molecular flexibility index (Phi) is 4.56. The van der Waals surface area contributed by atoms with Crippen LogP contribution in [-0.4, -0.2) is 14.8 Å². The van der Waals surface area contributed by atoms with E-state index in [0.717, 1.165) is 5.56 Å². The summed E-state index contributed by atoms with van der Waals surface area (Å²) in [5, 5.41) is 4.92. The van der Waals surface area contributed by atoms with Gasteiger partial charge in [-0.1, -0.05) is 23.7 Å². The van der Waals surface area contributed by atoms with Crippen molar-refractivity contribution in [3.05, 3.63) is 93.9 Å². The maximum Gasteiger partial charge on any atom is 0.267 e. The topological polar surface area (TPSA) is 60.9 Å². The minimum atomic E-state index is -0.333. The second kappa shape index (κ2) is 7.17. The van der Waals surface area contributed by atoms with Crippen LogP contribution in [0.2, 0.25) is 5.02 Å². The standard InChI is InChI=1S/C20H13ClFN3O2/c21-15-3-1-2-14(10-15)18-11-23-19(27-18)12-25-20(26)9-8-17(24-25)13-4-6-16(22)7-5-13/h1-11H,12H2. The summed E-state index contributed by atoms with van der Waals surface area (Å²) in [5.41, 5.74) is 1.76. The summed E-state index contributed by atoms with van der Waals surface area (Å²) in [6, 6.07) is 16.1. The Labute approximate surface area is 158 Å². The molecule has 5 nitrogen and oxygen atoms in total. The molecule has 2 aromatic heterocycles. The van der Waals surface area contributed by atoms with E-state index in [2.05, 4.69) is 10.1 Å². The lowest BCUT2D eigenvalue weighted by molar-refractivity contribution is 0.466. The van der Waals surface area contributed by atoms with Crippen molar-refractivity contribution in [2.75, 3.05) is 0 Å². The number of halogens is 2. The Morgan fingerprint density at radius 2 is 1.85 bits per heavy atom. The highest BCUT2D eigenvalue weighted by molar-refractivity contribution is 6.30. The van der Waals surface area contributed by atoms with Gasteiger partial charge in [-0.15, -0.1) is 0 Å². The Balaban J connectivity index is 1.62. The molecule has 2 aromatic carbocycles. The summed E-state index contributed by atoms with van der Waals surface area (Å²) < 4.78 is 20.1. The number of hydrogen-bond acceptors (Lipinski definition) is 4. The highest BCUT2D eigenvalue weighted by atomic mass is 35.5. The zero-order valence-corrected chi connectivity index (χ0v) is 14.7. The summed E-state index contributed by atoms with van der Waals surface area (Å²) in [7, 11) is 0. The van der Waals surface area contributed by atoms with E-state index in [1.165, 1.54) is 22.9 Å². The minimum absolute atomic E-state index is 0.0778. The van der Waals surface area contributed by atoms with E-state index >= 15 is 0 Å². The van der Waals surface area contributed by atoms with Gasteiger partial charge in [-0.3, -0.25) is 4.79 Å². The van der Waals surface area contributed by atoms with Crippen molar-refractivity contribution in [1.29, 1.82) is 0 Å². The molecule has 0 aliphatic heterocycles. The summed E-state index contributed by atoms with van der Waals surface area (Å²) in [4.78, 5) is 16.3. The van der Waals surface area contributed by atoms with E-state index < -0.39 is 0 Å². The first kappa shape index (κ1) is 17.2. The van der Waals surface area contributed by atoms with Gasteiger partial charge in [0, 0.05) is 22.2 Å². The van der Waals surface area contributed by atoms with Gasteiger partial charge >= 0.3 is 0 Å². The summed E-state index contributed by atoms with van der Waals surface area (Å²) in [6.07, 6.45) is 1.58. The molecule has 0 aliphatic rings. The monoisotopic (exact) mass is 381 g/mol. The first-order valence-electron chi connectivity index (χ1n) is 8.13. The third kappa shape index (κ3) is 3.80. The van der Waals surface area contributed by atoms with Gasteiger partial charge in [-0.2, -0.15) is 5.10 Å². The van der Waals surface area contributed by atoms with Crippen molar-refractivity contribution < 1.29 is 8.81 Å². The van der Waals surface area contributed by atoms with Crippen LogP contribution in [0.3, 0.4) is 0 Å². The number of benzene rings is 2. The molecule has 0 unspecified atom stereocenters. The van der Waals surface area contributed by atoms with Crippen molar-refractivity contribution in [2.45, 2.75) is 6.54 Å². The molecule has 0 amide bonds. The van der Waals surface area contributed by atoms with Crippen LogP contribution in [0, 0.1) is 5.82 Å². The summed E-state index contributed by atoms with van der Waals surface area (Å²) in [5.74, 6) is 0.562. The molecule has 2 heterocycles. The van der Waals surface area contributed by atoms with E-state index in [4.69, 9.17) is 16.0 Å². The maximum atomic E-state index is 13.1. The van der Waals surface area contributed by atoms with Crippen LogP contribution in [0.15, 0.2) is 76.1 Å². The number of oxazole rings is 1. The lowest BCUT2D eigenvalue weighted by atomic mass is 10.1. The van der Waals surface area contributed by atoms with E-state index in [1.807, 2.05) is 12.1 Å². The third-order valence-corrected chi connectivity index (χ3v) is 4.19. The second-order valence-corrected chi connectivity index (χ2v) is 6.29. The SMILES string of the molecule is O=c1ccc(-c2ccc(F)cc2)nn1Cc1ncc(-c2cccc(Cl)c2)o1. The molecule has 4 aromatic rings. The van der Waals surface area contributed by atoms with Crippen molar-refractivity contribution in [1.82, 2.24) is 14.8 Å². The Hall–Kier alpha value is -3.25. The minimum Gasteiger partial charge on any atom is -0.439 e. The summed E-state index contributed by atoms with van der Waals surface area (Å²) >= 11 is 6.00. The van der Waals surface area contributed by atoms with Crippen LogP contribution in [0.4, 0.5) is 4.39 Å². The van der Waals surface area contributed by atoms with Gasteiger partial charge in [0.15, 0.2) is 5.76 Å². The van der Waals surface area contributed by atoms with Crippen molar-refractivity contribution >= 4 is 11.6 Å². The fraction of sp³-hybridized carbons (Fsp3) is 0.0500. The molecule has 27 heavy (non-hydrogen) atoms. The van der Waals surface area contributed by atoms with Crippen LogP contribution in [0.25, 0.3) is 22.6 Å². The molecule has 0 atom stereocenters. The van der Waals surface area contributed by atoms with E-state index in [1.54, 1.807) is 36.5 Å². The second-order valence-electron chi connectivity index (χ2n) is 5.85. The molecule has 0 fully saturated rings. The third-order valence-electron chi connectivity index (χ3n) is 3.95. The van der Waals surface area contributed by atoms with Crippen LogP contribution in [-0.2, 0) is 6.54 Å². The van der Waals surface area contributed by atoms with E-state index in [0.29, 0.717) is 27.9 Å². The van der Waals surface area contributed by atoms with Gasteiger partial charge in [0.1, 0.15) is 12.4 Å². The first-order valence-corrected chi connectivity index (χ1v) is 8.51. The van der Waals surface area contributed by atoms with Crippen LogP contribution in [0.1, 0.15) is 5.89 Å². The molecule has 0 bridgehead atoms. The van der Waals surface area contributed by atoms with Crippen LogP contribution >= 0.6 is 11.6 Å². The van der Waals surface area contributed by atoms with Gasteiger partial charge in [-0.25, -0.2) is 14.1 Å². The van der Waals surface area contributed by atoms with Gasteiger partial charge in [0.25, 0.3) is 5.56 Å². The molecular weight excluding hydrogens is 369 g/mol. The molecule has 0 saturated carbocycles. The first-order chi connectivity index (χ1) is 13.1. The maximum absolute atomic E-state index is 13.1. The zero-order chi connectivity index (χ0) is 18.8. The fourth-order valence-electron chi connectivity index (χ4n) is 2.62. The normalized spacial score (nSPS) is 10.9. The predicted octanol–water partition coefficient (Wildman–Crippen LogP) is 4.41. The highest BCUT2D eigenvalue weighted by Gasteiger charge is 2.10. The molecule has 0 radical (unpaired) electrons. The lowest BCUT2D eigenvalue weighted by Crippen LogP contribution is -2.22. The molecule has 7 heteroatoms. The van der Waals surface area contributed by atoms with E-state index in [9.17, 15) is 9.18 Å². The molecule has 4 rings (SSSR count). The van der Waals surface area contributed by atoms with Gasteiger partial charge in [-0.05, 0) is 42.5 Å². The van der Waals surface area contributed by atoms with E-state index in [-0.39, 0.29) is 17.9 Å². The molecular formula is C20H13ClFN3O2. The molecule has 0 saturated heterocycles. The van der Waals surface area contributed by atoms with Crippen LogP contribution in [0.5, 0.6) is 0 Å². The molecule has 0 aliphatic carbocycles. The molecule has 134 valence electrons. The number of hydrogen-bond donors (Lipinski definition) is 0. The van der Waals surface area contributed by atoms with Gasteiger partial charge in [0.05, 0.1) is 11.9 Å². The largest absolute Gasteiger partial charge is 0.439 e. The lowest BCUT2D eigenvalue weighted by Gasteiger charge is -2.05. The Morgan fingerprint density at radius 3 is 2.63 bits per heavy atom. The average Bonchev–Trinajstić information content (AvgIpc) is 3.13. The zero-order valence-electron chi connectivity index (χ0n) is 14.0. The average molecular weight is 382 g/mol. The molecule has 0 spiro atoms. The molecule has 0 N–H and O–H groups in total. The van der Waals surface area contributed by atoms with Crippen molar-refractivity contribution in [3.8, 4) is 22.6 Å². The number of aromatic nitrogens is 3. The quantitative estimate of drug-likeness (QED) is 0.525. The van der Waals surface area contributed by atoms with Crippen molar-refractivity contribution in [2.24, 2.45) is 0 Å². The van der Waals surface area contributed by atoms with Gasteiger partial charge < -0.3 is 4.42 Å². The number of nitrogens with zero attached hydrogens (tertiary/aromatic N) is 3. The highest BCUT2D eigenvalue weighted by Crippen LogP contribution is 2.23. The predicted molar refractivity (Wildman–Crippen MR) is 99.9 cm³/mol. The smallest absolute Gasteiger partial charge is 0.267 e. The van der Waals surface area contributed by atoms with Crippen molar-refractivity contribution in [3.63, 3.8) is 0 Å². The summed E-state index contributed by atoms with van der Waals surface area (Å²) in [6.45, 7) is 0.0778.